The molecule has 0 aromatic heterocycles. The number of hydrogen-bond acceptors (Lipinski definition) is 11. The molecule has 13 heteroatoms. The van der Waals surface area contributed by atoms with Crippen LogP contribution >= 0.6 is 0 Å². The van der Waals surface area contributed by atoms with Crippen LogP contribution in [-0.4, -0.2) is 82.3 Å². The van der Waals surface area contributed by atoms with E-state index in [4.69, 9.17) is 31.4 Å². The molecule has 1 aliphatic heterocycles. The van der Waals surface area contributed by atoms with Gasteiger partial charge in [-0.2, -0.15) is 0 Å². The number of aliphatic hydroxyl groups is 3. The van der Waals surface area contributed by atoms with E-state index < -0.39 is 72.8 Å². The van der Waals surface area contributed by atoms with Crippen molar-refractivity contribution in [2.75, 3.05) is 6.61 Å². The summed E-state index contributed by atoms with van der Waals surface area (Å²) in [5, 5.41) is 29.9. The highest BCUT2D eigenvalue weighted by Crippen LogP contribution is 2.32. The summed E-state index contributed by atoms with van der Waals surface area (Å²) in [4.78, 5) is 41.2. The van der Waals surface area contributed by atoms with Gasteiger partial charge in [-0.15, -0.1) is 0 Å². The lowest BCUT2D eigenvalue weighted by atomic mass is 9.83. The second kappa shape index (κ2) is 14.1. The molecule has 0 radical (unpaired) electrons. The lowest BCUT2D eigenvalue weighted by Gasteiger charge is -2.38. The first-order chi connectivity index (χ1) is 16.7. The van der Waals surface area contributed by atoms with Crippen molar-refractivity contribution in [1.29, 1.82) is 0 Å². The fourth-order valence-corrected chi connectivity index (χ4v) is 3.45. The van der Waals surface area contributed by atoms with E-state index in [1.807, 2.05) is 13.8 Å². The molecule has 1 unspecified atom stereocenters. The van der Waals surface area contributed by atoms with Crippen LogP contribution in [0.15, 0.2) is 16.8 Å². The van der Waals surface area contributed by atoms with E-state index in [-0.39, 0.29) is 30.5 Å². The third-order valence-electron chi connectivity index (χ3n) is 5.66. The molecule has 7 atom stereocenters. The summed E-state index contributed by atoms with van der Waals surface area (Å²) in [6.45, 7) is 7.54. The maximum absolute atomic E-state index is 13.0. The first kappa shape index (κ1) is 31.3. The third kappa shape index (κ3) is 9.37. The Kier molecular flexibility index (Phi) is 12.3. The van der Waals surface area contributed by atoms with E-state index in [0.29, 0.717) is 0 Å². The van der Waals surface area contributed by atoms with Crippen molar-refractivity contribution < 1.29 is 43.9 Å². The van der Waals surface area contributed by atoms with Gasteiger partial charge in [-0.3, -0.25) is 4.79 Å². The van der Waals surface area contributed by atoms with Gasteiger partial charge in [0.15, 0.2) is 5.96 Å². The van der Waals surface area contributed by atoms with Crippen molar-refractivity contribution in [1.82, 2.24) is 0 Å². The Bertz CT molecular complexity index is 826. The van der Waals surface area contributed by atoms with Crippen molar-refractivity contribution >= 4 is 23.7 Å². The number of aliphatic hydroxyl groups excluding tert-OH is 3. The van der Waals surface area contributed by atoms with Gasteiger partial charge in [0.25, 0.3) is 0 Å². The molecule has 0 spiro atoms. The Labute approximate surface area is 210 Å². The van der Waals surface area contributed by atoms with E-state index in [0.717, 1.165) is 0 Å². The summed E-state index contributed by atoms with van der Waals surface area (Å²) in [5.74, 6) is -4.07. The summed E-state index contributed by atoms with van der Waals surface area (Å²) in [7, 11) is 0. The SMILES string of the molecule is CC(=O)C[C@H]1[C@H]([C@@H](O)[C@H](O)CO)OC(C(=O)OC(OC(=O)C[C@@H](N)C(C)C)C(C)C)=C[C@@H]1N=C(N)N. The topological polar surface area (TPSA) is 230 Å². The minimum absolute atomic E-state index is 0.0337. The van der Waals surface area contributed by atoms with Gasteiger partial charge < -0.3 is 51.5 Å². The molecule has 0 fully saturated rings. The van der Waals surface area contributed by atoms with Gasteiger partial charge in [-0.1, -0.05) is 27.7 Å². The molecular weight excluding hydrogens is 476 g/mol. The quantitative estimate of drug-likeness (QED) is 0.0723. The Morgan fingerprint density at radius 1 is 1.11 bits per heavy atom. The monoisotopic (exact) mass is 516 g/mol. The van der Waals surface area contributed by atoms with Crippen molar-refractivity contribution in [2.45, 2.75) is 84.1 Å². The maximum Gasteiger partial charge on any atom is 0.376 e. The number of ketones is 1. The van der Waals surface area contributed by atoms with Gasteiger partial charge in [0, 0.05) is 24.3 Å². The van der Waals surface area contributed by atoms with Crippen LogP contribution in [0.2, 0.25) is 0 Å². The Morgan fingerprint density at radius 3 is 2.19 bits per heavy atom. The molecule has 1 aliphatic rings. The minimum atomic E-state index is -1.70. The fourth-order valence-electron chi connectivity index (χ4n) is 3.45. The number of carbonyl (C=O) groups excluding carboxylic acids is 3. The third-order valence-corrected chi connectivity index (χ3v) is 5.66. The van der Waals surface area contributed by atoms with Gasteiger partial charge in [0.1, 0.15) is 24.1 Å². The maximum atomic E-state index is 13.0. The van der Waals surface area contributed by atoms with Gasteiger partial charge in [0.2, 0.25) is 12.0 Å². The molecule has 0 saturated heterocycles. The summed E-state index contributed by atoms with van der Waals surface area (Å²) >= 11 is 0. The number of nitrogens with two attached hydrogens (primary N) is 3. The van der Waals surface area contributed by atoms with E-state index in [9.17, 15) is 29.7 Å². The molecular formula is C23H40N4O9. The molecule has 0 aromatic carbocycles. The highest BCUT2D eigenvalue weighted by Gasteiger charge is 2.44. The number of nitrogens with zero attached hydrogens (tertiary/aromatic N) is 1. The largest absolute Gasteiger partial charge is 0.480 e. The second-order valence-electron chi connectivity index (χ2n) is 9.59. The number of aliphatic imine (C=N–C) groups is 1. The molecule has 0 aromatic rings. The Balaban J connectivity index is 3.24. The molecule has 0 saturated carbocycles. The summed E-state index contributed by atoms with van der Waals surface area (Å²) < 4.78 is 16.3. The number of carbonyl (C=O) groups is 3. The lowest BCUT2D eigenvalue weighted by molar-refractivity contribution is -0.198. The fraction of sp³-hybridized carbons (Fsp3) is 0.739. The van der Waals surface area contributed by atoms with Crippen molar-refractivity contribution in [3.8, 4) is 0 Å². The average Bonchev–Trinajstić information content (AvgIpc) is 2.77. The molecule has 36 heavy (non-hydrogen) atoms. The predicted octanol–water partition coefficient (Wildman–Crippen LogP) is -1.34. The zero-order valence-corrected chi connectivity index (χ0v) is 21.4. The average molecular weight is 517 g/mol. The zero-order chi connectivity index (χ0) is 27.7. The summed E-state index contributed by atoms with van der Waals surface area (Å²) in [5.41, 5.74) is 16.9. The molecule has 0 bridgehead atoms. The van der Waals surface area contributed by atoms with Gasteiger partial charge in [0.05, 0.1) is 19.1 Å². The van der Waals surface area contributed by atoms with Crippen LogP contribution in [0.25, 0.3) is 0 Å². The van der Waals surface area contributed by atoms with Gasteiger partial charge >= 0.3 is 11.9 Å². The van der Waals surface area contributed by atoms with E-state index in [2.05, 4.69) is 4.99 Å². The number of esters is 2. The lowest BCUT2D eigenvalue weighted by Crippen LogP contribution is -2.51. The van der Waals surface area contributed by atoms with Crippen LogP contribution in [0, 0.1) is 17.8 Å². The van der Waals surface area contributed by atoms with Crippen molar-refractivity contribution in [3.63, 3.8) is 0 Å². The second-order valence-corrected chi connectivity index (χ2v) is 9.59. The Hall–Kier alpha value is -2.74. The van der Waals surface area contributed by atoms with E-state index >= 15 is 0 Å². The first-order valence-corrected chi connectivity index (χ1v) is 11.8. The predicted molar refractivity (Wildman–Crippen MR) is 129 cm³/mol. The summed E-state index contributed by atoms with van der Waals surface area (Å²) in [6.07, 6.45) is -5.01. The Morgan fingerprint density at radius 2 is 1.72 bits per heavy atom. The van der Waals surface area contributed by atoms with Gasteiger partial charge in [-0.25, -0.2) is 9.79 Å². The number of Topliss-reactive ketones (excluding diaryl/α,β-unsaturated/α-hetero) is 1. The highest BCUT2D eigenvalue weighted by molar-refractivity contribution is 5.87. The number of ether oxygens (including phenoxy) is 3. The zero-order valence-electron chi connectivity index (χ0n) is 21.4. The number of rotatable bonds is 13. The first-order valence-electron chi connectivity index (χ1n) is 11.8. The highest BCUT2D eigenvalue weighted by atomic mass is 16.7. The molecule has 1 heterocycles. The molecule has 0 amide bonds. The van der Waals surface area contributed by atoms with Crippen LogP contribution in [-0.2, 0) is 28.6 Å². The smallest absolute Gasteiger partial charge is 0.376 e. The summed E-state index contributed by atoms with van der Waals surface area (Å²) in [6, 6.07) is -1.45. The van der Waals surface area contributed by atoms with Crippen LogP contribution in [0.1, 0.15) is 47.5 Å². The molecule has 0 aliphatic carbocycles. The van der Waals surface area contributed by atoms with E-state index in [1.165, 1.54) is 13.0 Å². The van der Waals surface area contributed by atoms with Crippen LogP contribution in [0.3, 0.4) is 0 Å². The van der Waals surface area contributed by atoms with Crippen molar-refractivity contribution in [3.05, 3.63) is 11.8 Å². The number of guanidine groups is 1. The van der Waals surface area contributed by atoms with Gasteiger partial charge in [-0.05, 0) is 18.9 Å². The molecule has 1 rings (SSSR count). The standard InChI is InChI=1S/C23H40N4O9/c1-10(2)14(24)7-18(31)35-22(11(3)4)36-21(33)17-8-15(27-23(25)26)13(6-12(5)29)20(34-17)19(32)16(30)9-28/h8,10-11,13-16,19-20,22,28,30,32H,6-7,9,24H2,1-5H3,(H4,25,26,27)/t13-,14-,15+,16-,19+,20-,22?/m1/s1. The minimum Gasteiger partial charge on any atom is -0.480 e. The molecule has 9 N–H and O–H groups in total. The normalized spacial score (nSPS) is 23.1. The van der Waals surface area contributed by atoms with Crippen LogP contribution in [0.4, 0.5) is 0 Å². The van der Waals surface area contributed by atoms with Crippen molar-refractivity contribution in [2.24, 2.45) is 39.9 Å². The molecule has 13 nitrogen and oxygen atoms in total. The number of hydrogen-bond donors (Lipinski definition) is 6. The van der Waals surface area contributed by atoms with Crippen LogP contribution < -0.4 is 17.2 Å². The van der Waals surface area contributed by atoms with E-state index in [1.54, 1.807) is 13.8 Å². The molecule has 206 valence electrons. The van der Waals surface area contributed by atoms with Crippen LogP contribution in [0.5, 0.6) is 0 Å².